The standard InChI is InChI=1S/C17H24N2O/c1-14-2-4-15(5-3-14)16(20)19-12-8-17(9-13-19)6-10-18-11-7-17/h2-5,18H,6-13H2,1H3. The van der Waals surface area contributed by atoms with E-state index in [0.717, 1.165) is 31.7 Å². The SMILES string of the molecule is Cc1ccc(C(=O)N2CCC3(CCNCC3)CC2)cc1. The summed E-state index contributed by atoms with van der Waals surface area (Å²) in [5, 5.41) is 3.44. The zero-order valence-corrected chi connectivity index (χ0v) is 12.3. The molecule has 3 nitrogen and oxygen atoms in total. The maximum absolute atomic E-state index is 12.5. The van der Waals surface area contributed by atoms with Crippen molar-refractivity contribution in [1.82, 2.24) is 10.2 Å². The molecule has 2 heterocycles. The summed E-state index contributed by atoms with van der Waals surface area (Å²) in [5.74, 6) is 0.203. The van der Waals surface area contributed by atoms with Gasteiger partial charge in [0, 0.05) is 18.7 Å². The molecular weight excluding hydrogens is 248 g/mol. The highest BCUT2D eigenvalue weighted by Crippen LogP contribution is 2.39. The highest BCUT2D eigenvalue weighted by Gasteiger charge is 2.36. The van der Waals surface area contributed by atoms with Gasteiger partial charge in [0.25, 0.3) is 5.91 Å². The zero-order valence-electron chi connectivity index (χ0n) is 12.3. The van der Waals surface area contributed by atoms with Crippen molar-refractivity contribution in [2.75, 3.05) is 26.2 Å². The van der Waals surface area contributed by atoms with E-state index in [1.54, 1.807) is 0 Å². The number of nitrogens with one attached hydrogen (secondary N) is 1. The number of aryl methyl sites for hydroxylation is 1. The number of carbonyl (C=O) groups is 1. The van der Waals surface area contributed by atoms with Gasteiger partial charge in [0.05, 0.1) is 0 Å². The summed E-state index contributed by atoms with van der Waals surface area (Å²) in [6.45, 7) is 6.19. The third kappa shape index (κ3) is 2.73. The van der Waals surface area contributed by atoms with Gasteiger partial charge < -0.3 is 10.2 Å². The van der Waals surface area contributed by atoms with Gasteiger partial charge in [0.1, 0.15) is 0 Å². The van der Waals surface area contributed by atoms with Gasteiger partial charge in [-0.2, -0.15) is 0 Å². The second-order valence-corrected chi connectivity index (χ2v) is 6.41. The Hall–Kier alpha value is -1.35. The molecule has 3 rings (SSSR count). The van der Waals surface area contributed by atoms with Crippen molar-refractivity contribution in [2.45, 2.75) is 32.6 Å². The summed E-state index contributed by atoms with van der Waals surface area (Å²) in [6.07, 6.45) is 4.90. The van der Waals surface area contributed by atoms with Gasteiger partial charge in [-0.25, -0.2) is 0 Å². The normalized spacial score (nSPS) is 21.9. The summed E-state index contributed by atoms with van der Waals surface area (Å²) in [6, 6.07) is 7.94. The predicted molar refractivity (Wildman–Crippen MR) is 80.9 cm³/mol. The molecule has 0 aromatic heterocycles. The number of amides is 1. The van der Waals surface area contributed by atoms with E-state index >= 15 is 0 Å². The lowest BCUT2D eigenvalue weighted by molar-refractivity contribution is 0.0496. The molecule has 3 heteroatoms. The smallest absolute Gasteiger partial charge is 0.253 e. The molecule has 0 saturated carbocycles. The Kier molecular flexibility index (Phi) is 3.79. The molecule has 2 saturated heterocycles. The van der Waals surface area contributed by atoms with Gasteiger partial charge in [0.15, 0.2) is 0 Å². The maximum Gasteiger partial charge on any atom is 0.253 e. The van der Waals surface area contributed by atoms with E-state index in [4.69, 9.17) is 0 Å². The number of likely N-dealkylation sites (tertiary alicyclic amines) is 1. The monoisotopic (exact) mass is 272 g/mol. The molecule has 0 radical (unpaired) electrons. The van der Waals surface area contributed by atoms with Crippen LogP contribution in [0.3, 0.4) is 0 Å². The molecule has 20 heavy (non-hydrogen) atoms. The van der Waals surface area contributed by atoms with Crippen LogP contribution in [0.4, 0.5) is 0 Å². The minimum Gasteiger partial charge on any atom is -0.339 e. The lowest BCUT2D eigenvalue weighted by Crippen LogP contribution is -2.47. The first-order valence-electron chi connectivity index (χ1n) is 7.75. The van der Waals surface area contributed by atoms with E-state index in [1.165, 1.54) is 31.2 Å². The average molecular weight is 272 g/mol. The number of piperidine rings is 2. The fourth-order valence-electron chi connectivity index (χ4n) is 3.52. The van der Waals surface area contributed by atoms with E-state index in [0.29, 0.717) is 5.41 Å². The quantitative estimate of drug-likeness (QED) is 0.852. The van der Waals surface area contributed by atoms with Crippen LogP contribution in [-0.2, 0) is 0 Å². The van der Waals surface area contributed by atoms with Crippen molar-refractivity contribution in [3.63, 3.8) is 0 Å². The van der Waals surface area contributed by atoms with Crippen molar-refractivity contribution < 1.29 is 4.79 Å². The number of rotatable bonds is 1. The lowest BCUT2D eigenvalue weighted by Gasteiger charge is -2.44. The maximum atomic E-state index is 12.5. The number of nitrogens with zero attached hydrogens (tertiary/aromatic N) is 1. The van der Waals surface area contributed by atoms with Crippen LogP contribution < -0.4 is 5.32 Å². The first kappa shape index (κ1) is 13.6. The lowest BCUT2D eigenvalue weighted by atomic mass is 9.71. The first-order valence-corrected chi connectivity index (χ1v) is 7.75. The summed E-state index contributed by atoms with van der Waals surface area (Å²) in [4.78, 5) is 14.5. The largest absolute Gasteiger partial charge is 0.339 e. The Bertz CT molecular complexity index is 464. The number of benzene rings is 1. The summed E-state index contributed by atoms with van der Waals surface area (Å²) < 4.78 is 0. The third-order valence-corrected chi connectivity index (χ3v) is 5.07. The van der Waals surface area contributed by atoms with E-state index in [-0.39, 0.29) is 5.91 Å². The molecule has 2 aliphatic rings. The van der Waals surface area contributed by atoms with Crippen LogP contribution in [0.25, 0.3) is 0 Å². The summed E-state index contributed by atoms with van der Waals surface area (Å²) >= 11 is 0. The van der Waals surface area contributed by atoms with E-state index < -0.39 is 0 Å². The van der Waals surface area contributed by atoms with Crippen LogP contribution in [0, 0.1) is 12.3 Å². The van der Waals surface area contributed by atoms with Gasteiger partial charge >= 0.3 is 0 Å². The topological polar surface area (TPSA) is 32.3 Å². The fourth-order valence-corrected chi connectivity index (χ4v) is 3.52. The van der Waals surface area contributed by atoms with Crippen LogP contribution in [0.1, 0.15) is 41.6 Å². The predicted octanol–water partition coefficient (Wildman–Crippen LogP) is 2.60. The van der Waals surface area contributed by atoms with E-state index in [9.17, 15) is 4.79 Å². The Morgan fingerprint density at radius 1 is 1.05 bits per heavy atom. The summed E-state index contributed by atoms with van der Waals surface area (Å²) in [5.41, 5.74) is 2.54. The number of hydrogen-bond acceptors (Lipinski definition) is 2. The van der Waals surface area contributed by atoms with Gasteiger partial charge in [-0.05, 0) is 63.2 Å². The van der Waals surface area contributed by atoms with Crippen molar-refractivity contribution in [3.05, 3.63) is 35.4 Å². The molecule has 2 aliphatic heterocycles. The van der Waals surface area contributed by atoms with Crippen LogP contribution >= 0.6 is 0 Å². The van der Waals surface area contributed by atoms with E-state index in [2.05, 4.69) is 12.2 Å². The van der Waals surface area contributed by atoms with Crippen LogP contribution in [0.15, 0.2) is 24.3 Å². The molecule has 0 bridgehead atoms. The van der Waals surface area contributed by atoms with Gasteiger partial charge in [-0.15, -0.1) is 0 Å². The molecule has 2 fully saturated rings. The summed E-state index contributed by atoms with van der Waals surface area (Å²) in [7, 11) is 0. The molecule has 1 aromatic rings. The highest BCUT2D eigenvalue weighted by molar-refractivity contribution is 5.94. The molecule has 0 atom stereocenters. The van der Waals surface area contributed by atoms with Crippen molar-refractivity contribution in [3.8, 4) is 0 Å². The molecular formula is C17H24N2O. The van der Waals surface area contributed by atoms with Crippen molar-refractivity contribution >= 4 is 5.91 Å². The number of carbonyl (C=O) groups excluding carboxylic acids is 1. The van der Waals surface area contributed by atoms with Crippen LogP contribution in [0.5, 0.6) is 0 Å². The third-order valence-electron chi connectivity index (χ3n) is 5.07. The molecule has 108 valence electrons. The molecule has 1 spiro atoms. The van der Waals surface area contributed by atoms with Crippen molar-refractivity contribution in [2.24, 2.45) is 5.41 Å². The fraction of sp³-hybridized carbons (Fsp3) is 0.588. The first-order chi connectivity index (χ1) is 9.69. The molecule has 1 amide bonds. The second-order valence-electron chi connectivity index (χ2n) is 6.41. The Morgan fingerprint density at radius 3 is 2.25 bits per heavy atom. The molecule has 0 aliphatic carbocycles. The molecule has 1 N–H and O–H groups in total. The van der Waals surface area contributed by atoms with Gasteiger partial charge in [-0.1, -0.05) is 17.7 Å². The van der Waals surface area contributed by atoms with Gasteiger partial charge in [-0.3, -0.25) is 4.79 Å². The minimum absolute atomic E-state index is 0.203. The molecule has 0 unspecified atom stereocenters. The Morgan fingerprint density at radius 2 is 1.65 bits per heavy atom. The van der Waals surface area contributed by atoms with Gasteiger partial charge in [0.2, 0.25) is 0 Å². The van der Waals surface area contributed by atoms with E-state index in [1.807, 2.05) is 29.2 Å². The van der Waals surface area contributed by atoms with Crippen LogP contribution in [0.2, 0.25) is 0 Å². The molecule has 1 aromatic carbocycles. The zero-order chi connectivity index (χ0) is 14.0. The van der Waals surface area contributed by atoms with Crippen molar-refractivity contribution in [1.29, 1.82) is 0 Å². The Labute approximate surface area is 121 Å². The second kappa shape index (κ2) is 5.57. The minimum atomic E-state index is 0.203. The van der Waals surface area contributed by atoms with Crippen LogP contribution in [-0.4, -0.2) is 37.0 Å². The Balaban J connectivity index is 1.62. The number of hydrogen-bond donors (Lipinski definition) is 1. The average Bonchev–Trinajstić information content (AvgIpc) is 2.49. The highest BCUT2D eigenvalue weighted by atomic mass is 16.2.